The molecule has 0 radical (unpaired) electrons. The number of nitrogens with zero attached hydrogens (tertiary/aromatic N) is 3. The van der Waals surface area contributed by atoms with E-state index in [4.69, 9.17) is 4.42 Å². The van der Waals surface area contributed by atoms with Crippen LogP contribution in [-0.2, 0) is 16.6 Å². The quantitative estimate of drug-likeness (QED) is 0.534. The summed E-state index contributed by atoms with van der Waals surface area (Å²) in [6, 6.07) is 14.9. The molecule has 0 bridgehead atoms. The molecule has 1 fully saturated rings. The molecule has 1 aromatic heterocycles. The summed E-state index contributed by atoms with van der Waals surface area (Å²) >= 11 is 0. The van der Waals surface area contributed by atoms with Crippen LogP contribution in [0.4, 0.5) is 4.79 Å². The van der Waals surface area contributed by atoms with E-state index < -0.39 is 16.1 Å². The molecular formula is C26H29N3O5S. The molecule has 4 rings (SSSR count). The number of aryl methyl sites for hydroxylation is 3. The summed E-state index contributed by atoms with van der Waals surface area (Å²) in [4.78, 5) is 29.4. The standard InChI is InChI=1S/C26H29N3O5S/c1-19-7-10-23(11-8-19)35(32,33)29(18-22-17-20(2)6-9-21(22)3)26(31)28-14-12-27(13-15-28)25(30)24-5-4-16-34-24/h4-11,16-17H,12-15,18H2,1-3H3. The van der Waals surface area contributed by atoms with E-state index in [2.05, 4.69) is 0 Å². The van der Waals surface area contributed by atoms with Gasteiger partial charge in [-0.05, 0) is 56.2 Å². The van der Waals surface area contributed by atoms with Crippen molar-refractivity contribution in [3.05, 3.63) is 88.9 Å². The molecule has 3 amide bonds. The Balaban J connectivity index is 1.59. The van der Waals surface area contributed by atoms with Crippen LogP contribution < -0.4 is 0 Å². The number of hydrogen-bond acceptors (Lipinski definition) is 5. The topological polar surface area (TPSA) is 91.1 Å². The van der Waals surface area contributed by atoms with E-state index in [0.717, 1.165) is 26.6 Å². The van der Waals surface area contributed by atoms with E-state index in [1.165, 1.54) is 23.3 Å². The van der Waals surface area contributed by atoms with Crippen LogP contribution in [-0.4, -0.2) is 60.6 Å². The van der Waals surface area contributed by atoms with Crippen LogP contribution in [0.1, 0.15) is 32.8 Å². The third-order valence-electron chi connectivity index (χ3n) is 6.21. The molecule has 2 aromatic carbocycles. The van der Waals surface area contributed by atoms with E-state index >= 15 is 0 Å². The molecule has 0 saturated carbocycles. The van der Waals surface area contributed by atoms with Gasteiger partial charge in [0.2, 0.25) is 0 Å². The first-order valence-corrected chi connectivity index (χ1v) is 12.9. The Labute approximate surface area is 205 Å². The molecule has 35 heavy (non-hydrogen) atoms. The molecule has 0 spiro atoms. The van der Waals surface area contributed by atoms with Gasteiger partial charge in [-0.1, -0.05) is 41.5 Å². The first kappa shape index (κ1) is 24.5. The number of rotatable bonds is 5. The number of carbonyl (C=O) groups excluding carboxylic acids is 2. The van der Waals surface area contributed by atoms with Gasteiger partial charge in [0.05, 0.1) is 17.7 Å². The zero-order valence-electron chi connectivity index (χ0n) is 20.1. The van der Waals surface area contributed by atoms with Gasteiger partial charge >= 0.3 is 6.03 Å². The highest BCUT2D eigenvalue weighted by Gasteiger charge is 2.35. The molecule has 1 aliphatic heterocycles. The van der Waals surface area contributed by atoms with Gasteiger partial charge in [-0.15, -0.1) is 0 Å². The second kappa shape index (κ2) is 9.95. The number of piperazine rings is 1. The molecular weight excluding hydrogens is 466 g/mol. The fourth-order valence-corrected chi connectivity index (χ4v) is 5.40. The van der Waals surface area contributed by atoms with Gasteiger partial charge in [-0.25, -0.2) is 17.5 Å². The van der Waals surface area contributed by atoms with Crippen molar-refractivity contribution >= 4 is 22.0 Å². The molecule has 0 N–H and O–H groups in total. The lowest BCUT2D eigenvalue weighted by molar-refractivity contribution is 0.0623. The van der Waals surface area contributed by atoms with Gasteiger partial charge in [0.25, 0.3) is 15.9 Å². The molecule has 2 heterocycles. The second-order valence-corrected chi connectivity index (χ2v) is 10.7. The Kier molecular flexibility index (Phi) is 6.98. The van der Waals surface area contributed by atoms with Crippen molar-refractivity contribution in [3.8, 4) is 0 Å². The fraction of sp³-hybridized carbons (Fsp3) is 0.308. The lowest BCUT2D eigenvalue weighted by Crippen LogP contribution is -2.54. The zero-order valence-corrected chi connectivity index (χ0v) is 20.9. The number of hydrogen-bond donors (Lipinski definition) is 0. The lowest BCUT2D eigenvalue weighted by Gasteiger charge is -2.37. The van der Waals surface area contributed by atoms with E-state index in [-0.39, 0.29) is 49.3 Å². The lowest BCUT2D eigenvalue weighted by atomic mass is 10.1. The number of urea groups is 1. The highest BCUT2D eigenvalue weighted by atomic mass is 32.2. The van der Waals surface area contributed by atoms with E-state index in [1.807, 2.05) is 39.0 Å². The molecule has 8 nitrogen and oxygen atoms in total. The number of amides is 3. The molecule has 1 saturated heterocycles. The molecule has 3 aromatic rings. The van der Waals surface area contributed by atoms with Crippen molar-refractivity contribution in [2.24, 2.45) is 0 Å². The summed E-state index contributed by atoms with van der Waals surface area (Å²) in [5.41, 5.74) is 3.58. The first-order valence-electron chi connectivity index (χ1n) is 11.4. The minimum absolute atomic E-state index is 0.0633. The Hall–Kier alpha value is -3.59. The van der Waals surface area contributed by atoms with Crippen LogP contribution in [0.25, 0.3) is 0 Å². The third-order valence-corrected chi connectivity index (χ3v) is 7.94. The maximum atomic E-state index is 13.7. The number of benzene rings is 2. The Bertz CT molecular complexity index is 1310. The maximum Gasteiger partial charge on any atom is 0.334 e. The number of furan rings is 1. The van der Waals surface area contributed by atoms with Crippen LogP contribution >= 0.6 is 0 Å². The van der Waals surface area contributed by atoms with Crippen LogP contribution in [0, 0.1) is 20.8 Å². The minimum Gasteiger partial charge on any atom is -0.459 e. The number of sulfonamides is 1. The molecule has 0 atom stereocenters. The molecule has 1 aliphatic rings. The molecule has 0 unspecified atom stereocenters. The first-order chi connectivity index (χ1) is 16.7. The summed E-state index contributed by atoms with van der Waals surface area (Å²) < 4.78 is 33.5. The van der Waals surface area contributed by atoms with Crippen molar-refractivity contribution in [2.45, 2.75) is 32.2 Å². The van der Waals surface area contributed by atoms with Crippen molar-refractivity contribution in [3.63, 3.8) is 0 Å². The van der Waals surface area contributed by atoms with Crippen LogP contribution in [0.3, 0.4) is 0 Å². The summed E-state index contributed by atoms with van der Waals surface area (Å²) in [7, 11) is -4.11. The van der Waals surface area contributed by atoms with Gasteiger partial charge < -0.3 is 14.2 Å². The van der Waals surface area contributed by atoms with Crippen LogP contribution in [0.15, 0.2) is 70.2 Å². The molecule has 184 valence electrons. The van der Waals surface area contributed by atoms with Gasteiger partial charge in [0, 0.05) is 26.2 Å². The smallest absolute Gasteiger partial charge is 0.334 e. The summed E-state index contributed by atoms with van der Waals surface area (Å²) in [5, 5.41) is 0. The Morgan fingerprint density at radius 2 is 1.51 bits per heavy atom. The second-order valence-electron chi connectivity index (χ2n) is 8.79. The average molecular weight is 496 g/mol. The SMILES string of the molecule is Cc1ccc(S(=O)(=O)N(Cc2cc(C)ccc2C)C(=O)N2CCN(C(=O)c3ccco3)CC2)cc1. The monoisotopic (exact) mass is 495 g/mol. The minimum atomic E-state index is -4.11. The van der Waals surface area contributed by atoms with Crippen LogP contribution in [0.5, 0.6) is 0 Å². The summed E-state index contributed by atoms with van der Waals surface area (Å²) in [6.07, 6.45) is 1.44. The van der Waals surface area contributed by atoms with E-state index in [9.17, 15) is 18.0 Å². The van der Waals surface area contributed by atoms with Crippen molar-refractivity contribution < 1.29 is 22.4 Å². The highest BCUT2D eigenvalue weighted by Crippen LogP contribution is 2.23. The van der Waals surface area contributed by atoms with Gasteiger partial charge in [-0.3, -0.25) is 4.79 Å². The Morgan fingerprint density at radius 3 is 2.14 bits per heavy atom. The maximum absolute atomic E-state index is 13.7. The zero-order chi connectivity index (χ0) is 25.2. The predicted molar refractivity (Wildman–Crippen MR) is 131 cm³/mol. The molecule has 0 aliphatic carbocycles. The largest absolute Gasteiger partial charge is 0.459 e. The van der Waals surface area contributed by atoms with Crippen molar-refractivity contribution in [2.75, 3.05) is 26.2 Å². The van der Waals surface area contributed by atoms with Crippen molar-refractivity contribution in [1.82, 2.24) is 14.1 Å². The van der Waals surface area contributed by atoms with Crippen molar-refractivity contribution in [1.29, 1.82) is 0 Å². The normalized spacial score (nSPS) is 14.1. The predicted octanol–water partition coefficient (Wildman–Crippen LogP) is 3.97. The third kappa shape index (κ3) is 5.24. The van der Waals surface area contributed by atoms with Gasteiger partial charge in [-0.2, -0.15) is 0 Å². The Morgan fingerprint density at radius 1 is 0.886 bits per heavy atom. The fourth-order valence-electron chi connectivity index (χ4n) is 4.03. The van der Waals surface area contributed by atoms with E-state index in [1.54, 1.807) is 29.2 Å². The molecule has 9 heteroatoms. The van der Waals surface area contributed by atoms with Crippen LogP contribution in [0.2, 0.25) is 0 Å². The summed E-state index contributed by atoms with van der Waals surface area (Å²) in [5.74, 6) is -0.00936. The van der Waals surface area contributed by atoms with Gasteiger partial charge in [0.1, 0.15) is 0 Å². The average Bonchev–Trinajstić information content (AvgIpc) is 3.39. The van der Waals surface area contributed by atoms with Gasteiger partial charge in [0.15, 0.2) is 5.76 Å². The highest BCUT2D eigenvalue weighted by molar-refractivity contribution is 7.89. The summed E-state index contributed by atoms with van der Waals surface area (Å²) in [6.45, 7) is 6.64. The van der Waals surface area contributed by atoms with E-state index in [0.29, 0.717) is 0 Å². The number of carbonyl (C=O) groups is 2.